The van der Waals surface area contributed by atoms with Gasteiger partial charge in [0.25, 0.3) is 0 Å². The lowest BCUT2D eigenvalue weighted by Gasteiger charge is -2.26. The minimum absolute atomic E-state index is 0.161. The first kappa shape index (κ1) is 35.4. The highest BCUT2D eigenvalue weighted by Gasteiger charge is 2.36. The van der Waals surface area contributed by atoms with Gasteiger partial charge in [-0.3, -0.25) is 9.59 Å². The summed E-state index contributed by atoms with van der Waals surface area (Å²) in [6, 6.07) is 22.1. The average Bonchev–Trinajstić information content (AvgIpc) is 3.97. The molecule has 1 saturated heterocycles. The van der Waals surface area contributed by atoms with Gasteiger partial charge in [-0.1, -0.05) is 80.6 Å². The summed E-state index contributed by atoms with van der Waals surface area (Å²) < 4.78 is 4.72. The number of hydrogen-bond acceptors (Lipinski definition) is 6. The molecule has 4 aromatic carbocycles. The van der Waals surface area contributed by atoms with Crippen LogP contribution in [0.5, 0.6) is 0 Å². The Bertz CT molecular complexity index is 2310. The van der Waals surface area contributed by atoms with Crippen LogP contribution >= 0.6 is 0 Å². The molecule has 3 heterocycles. The van der Waals surface area contributed by atoms with Crippen LogP contribution in [-0.2, 0) is 20.9 Å². The van der Waals surface area contributed by atoms with Crippen molar-refractivity contribution in [2.45, 2.75) is 64.6 Å². The molecule has 11 nitrogen and oxygen atoms in total. The number of aromatic amines is 2. The molecular formula is C42H45N7O4. The monoisotopic (exact) mass is 711 g/mol. The van der Waals surface area contributed by atoms with Gasteiger partial charge in [-0.25, -0.2) is 14.8 Å². The lowest BCUT2D eigenvalue weighted by atomic mass is 9.95. The molecule has 2 aromatic heterocycles. The SMILES string of the molecule is C=C[C@H](NC(=O)OC)C(=O)N1CCC[C@H]1c1nc2c3ccccc3c3cc(-c4ccc(-c5cnc(CN(CCC)C(=O)CCC)[nH]5)cc4)ccc3c2[nH]1. The summed E-state index contributed by atoms with van der Waals surface area (Å²) in [6.07, 6.45) is 6.42. The number of rotatable bonds is 12. The molecule has 2 atom stereocenters. The molecule has 3 amide bonds. The third-order valence-corrected chi connectivity index (χ3v) is 10.1. The largest absolute Gasteiger partial charge is 0.453 e. The first-order valence-corrected chi connectivity index (χ1v) is 18.4. The van der Waals surface area contributed by atoms with Gasteiger partial charge in [0.15, 0.2) is 0 Å². The first-order chi connectivity index (χ1) is 25.8. The van der Waals surface area contributed by atoms with Crippen molar-refractivity contribution in [3.05, 3.63) is 97.2 Å². The van der Waals surface area contributed by atoms with E-state index in [2.05, 4.69) is 88.4 Å². The Morgan fingerprint density at radius 1 is 0.981 bits per heavy atom. The minimum atomic E-state index is -0.901. The standard InChI is InChI=1S/C42H45N7O4/c1-5-11-37(50)48(21-6-2)25-36-43-24-34(44-36)27-17-15-26(16-18-27)28-19-20-31-32(23-28)29-12-8-9-13-30(29)38-39(31)47-40(46-38)35-14-10-22-49(35)41(51)33(7-3)45-42(52)53-4/h7-9,12-13,15-20,23-24,33,35H,3,5-6,10-11,14,21-22,25H2,1-2,4H3,(H,43,44)(H,45,52)(H,46,47)/t33-,35-/m0/s1. The average molecular weight is 712 g/mol. The summed E-state index contributed by atoms with van der Waals surface area (Å²) in [7, 11) is 1.26. The van der Waals surface area contributed by atoms with Gasteiger partial charge in [-0.15, -0.1) is 6.58 Å². The van der Waals surface area contributed by atoms with E-state index in [9.17, 15) is 14.4 Å². The number of methoxy groups -OCH3 is 1. The van der Waals surface area contributed by atoms with Crippen molar-refractivity contribution in [1.29, 1.82) is 0 Å². The van der Waals surface area contributed by atoms with Crippen LogP contribution in [0.15, 0.2) is 85.6 Å². The van der Waals surface area contributed by atoms with Gasteiger partial charge in [0.2, 0.25) is 11.8 Å². The van der Waals surface area contributed by atoms with Crippen LogP contribution in [0.3, 0.4) is 0 Å². The smallest absolute Gasteiger partial charge is 0.407 e. The molecule has 1 fully saturated rings. The highest BCUT2D eigenvalue weighted by atomic mass is 16.5. The fraction of sp³-hybridized carbons (Fsp3) is 0.310. The summed E-state index contributed by atoms with van der Waals surface area (Å²) >= 11 is 0. The van der Waals surface area contributed by atoms with Gasteiger partial charge in [-0.2, -0.15) is 0 Å². The Morgan fingerprint density at radius 3 is 2.47 bits per heavy atom. The molecule has 7 rings (SSSR count). The normalized spacial score (nSPS) is 14.8. The number of imidazole rings is 2. The van der Waals surface area contributed by atoms with Gasteiger partial charge in [0, 0.05) is 30.3 Å². The van der Waals surface area contributed by atoms with Crippen LogP contribution in [0.1, 0.15) is 63.6 Å². The molecular weight excluding hydrogens is 667 g/mol. The Hall–Kier alpha value is -5.97. The van der Waals surface area contributed by atoms with Crippen molar-refractivity contribution in [2.75, 3.05) is 20.2 Å². The number of nitrogens with one attached hydrogen (secondary N) is 3. The summed E-state index contributed by atoms with van der Waals surface area (Å²) in [6.45, 7) is 9.60. The predicted molar refractivity (Wildman–Crippen MR) is 208 cm³/mol. The number of fused-ring (bicyclic) bond motifs is 6. The van der Waals surface area contributed by atoms with E-state index in [1.807, 2.05) is 30.2 Å². The molecule has 3 N–H and O–H groups in total. The Balaban J connectivity index is 1.18. The second-order valence-corrected chi connectivity index (χ2v) is 13.6. The quantitative estimate of drug-likeness (QED) is 0.0869. The number of hydrogen-bond donors (Lipinski definition) is 3. The zero-order valence-corrected chi connectivity index (χ0v) is 30.4. The van der Waals surface area contributed by atoms with E-state index >= 15 is 0 Å². The number of amides is 3. The fourth-order valence-electron chi connectivity index (χ4n) is 7.48. The number of aromatic nitrogens is 4. The molecule has 0 saturated carbocycles. The van der Waals surface area contributed by atoms with E-state index in [0.717, 1.165) is 92.3 Å². The van der Waals surface area contributed by atoms with E-state index in [0.29, 0.717) is 26.1 Å². The van der Waals surface area contributed by atoms with E-state index in [1.54, 1.807) is 4.90 Å². The van der Waals surface area contributed by atoms with Crippen LogP contribution < -0.4 is 5.32 Å². The summed E-state index contributed by atoms with van der Waals surface area (Å²) in [5.74, 6) is 1.41. The first-order valence-electron chi connectivity index (χ1n) is 18.4. The molecule has 0 aliphatic carbocycles. The number of H-pyrrole nitrogens is 2. The third-order valence-electron chi connectivity index (χ3n) is 10.1. The lowest BCUT2D eigenvalue weighted by Crippen LogP contribution is -2.47. The summed E-state index contributed by atoms with van der Waals surface area (Å²) in [5.41, 5.74) is 5.89. The van der Waals surface area contributed by atoms with E-state index in [-0.39, 0.29) is 17.9 Å². The highest BCUT2D eigenvalue weighted by Crippen LogP contribution is 2.39. The number of carbonyl (C=O) groups excluding carboxylic acids is 3. The van der Waals surface area contributed by atoms with Crippen LogP contribution in [-0.4, -0.2) is 73.9 Å². The van der Waals surface area contributed by atoms with Crippen LogP contribution in [0.2, 0.25) is 0 Å². The van der Waals surface area contributed by atoms with Crippen molar-refractivity contribution < 1.29 is 19.1 Å². The van der Waals surface area contributed by atoms with E-state index in [4.69, 9.17) is 9.72 Å². The van der Waals surface area contributed by atoms with Crippen molar-refractivity contribution in [3.63, 3.8) is 0 Å². The van der Waals surface area contributed by atoms with E-state index < -0.39 is 12.1 Å². The number of ether oxygens (including phenoxy) is 1. The van der Waals surface area contributed by atoms with Gasteiger partial charge < -0.3 is 29.8 Å². The predicted octanol–water partition coefficient (Wildman–Crippen LogP) is 8.04. The molecule has 1 aliphatic rings. The zero-order valence-electron chi connectivity index (χ0n) is 30.4. The Kier molecular flexibility index (Phi) is 10.2. The second-order valence-electron chi connectivity index (χ2n) is 13.6. The fourth-order valence-corrected chi connectivity index (χ4v) is 7.48. The highest BCUT2D eigenvalue weighted by molar-refractivity contribution is 6.23. The molecule has 53 heavy (non-hydrogen) atoms. The molecule has 0 bridgehead atoms. The number of likely N-dealkylation sites (tertiary alicyclic amines) is 1. The maximum absolute atomic E-state index is 13.6. The van der Waals surface area contributed by atoms with Crippen LogP contribution in [0.4, 0.5) is 4.79 Å². The molecule has 0 radical (unpaired) electrons. The number of alkyl carbamates (subject to hydrolysis) is 1. The van der Waals surface area contributed by atoms with Crippen LogP contribution in [0.25, 0.3) is 55.0 Å². The second kappa shape index (κ2) is 15.3. The molecule has 272 valence electrons. The van der Waals surface area contributed by atoms with Gasteiger partial charge in [0.05, 0.1) is 42.6 Å². The molecule has 11 heteroatoms. The zero-order chi connectivity index (χ0) is 37.1. The van der Waals surface area contributed by atoms with Gasteiger partial charge in [0.1, 0.15) is 17.7 Å². The molecule has 0 unspecified atom stereocenters. The molecule has 0 spiro atoms. The third kappa shape index (κ3) is 6.98. The van der Waals surface area contributed by atoms with Crippen LogP contribution in [0, 0.1) is 0 Å². The number of carbonyl (C=O) groups is 3. The van der Waals surface area contributed by atoms with Crippen molar-refractivity contribution in [1.82, 2.24) is 35.1 Å². The van der Waals surface area contributed by atoms with Gasteiger partial charge in [-0.05, 0) is 59.2 Å². The minimum Gasteiger partial charge on any atom is -0.453 e. The Labute approximate surface area is 308 Å². The maximum Gasteiger partial charge on any atom is 0.407 e. The van der Waals surface area contributed by atoms with Crippen molar-refractivity contribution >= 4 is 50.5 Å². The Morgan fingerprint density at radius 2 is 1.74 bits per heavy atom. The summed E-state index contributed by atoms with van der Waals surface area (Å²) in [5, 5.41) is 6.84. The maximum atomic E-state index is 13.6. The van der Waals surface area contributed by atoms with Gasteiger partial charge >= 0.3 is 6.09 Å². The topological polar surface area (TPSA) is 136 Å². The molecule has 6 aromatic rings. The van der Waals surface area contributed by atoms with Crippen molar-refractivity contribution in [3.8, 4) is 22.4 Å². The number of benzene rings is 4. The lowest BCUT2D eigenvalue weighted by molar-refractivity contribution is -0.133. The van der Waals surface area contributed by atoms with E-state index in [1.165, 1.54) is 13.2 Å². The number of nitrogens with zero attached hydrogens (tertiary/aromatic N) is 4. The molecule has 1 aliphatic heterocycles. The van der Waals surface area contributed by atoms with Crippen molar-refractivity contribution in [2.24, 2.45) is 0 Å². The summed E-state index contributed by atoms with van der Waals surface area (Å²) in [4.78, 5) is 58.5.